The fourth-order valence-electron chi connectivity index (χ4n) is 5.74. The predicted octanol–water partition coefficient (Wildman–Crippen LogP) is 4.31. The van der Waals surface area contributed by atoms with Gasteiger partial charge in [-0.25, -0.2) is 22.5 Å². The van der Waals surface area contributed by atoms with Gasteiger partial charge >= 0.3 is 0 Å². The first-order valence-corrected chi connectivity index (χ1v) is 13.7. The van der Waals surface area contributed by atoms with Crippen molar-refractivity contribution in [3.05, 3.63) is 82.4 Å². The zero-order chi connectivity index (χ0) is 31.0. The van der Waals surface area contributed by atoms with E-state index in [9.17, 15) is 23.5 Å². The number of carbonyl (C=O) groups excluding carboxylic acids is 1. The number of ether oxygens (including phenoxy) is 1. The summed E-state index contributed by atoms with van der Waals surface area (Å²) in [7, 11) is 0. The number of nitrogen functional groups attached to an aromatic ring is 1. The molecule has 1 amide bonds. The average molecular weight is 600 g/mol. The molecular formula is C30H29F4N5O4. The first-order valence-electron chi connectivity index (χ1n) is 13.7. The van der Waals surface area contributed by atoms with Crippen molar-refractivity contribution in [2.45, 2.75) is 55.6 Å². The summed E-state index contributed by atoms with van der Waals surface area (Å²) in [6.07, 6.45) is -0.904. The van der Waals surface area contributed by atoms with Gasteiger partial charge in [-0.3, -0.25) is 14.2 Å². The van der Waals surface area contributed by atoms with Crippen LogP contribution < -0.4 is 16.0 Å². The summed E-state index contributed by atoms with van der Waals surface area (Å²) in [4.78, 5) is 31.2. The standard InChI is InChI=1S/C30H29F4N5O4/c31-29(32)11-10-22(23(14-29)20-4-2-1-3-5-20)26(40)38-13-12-28(42,30(33,34)17-38)16-39-18-37-25(24(36)27(39)41)43-21-8-6-19(15-35)7-9-21/h1-9,18,22-23,42H,10-14,16-17,36H2/t22-,23+,28-/m1/s1. The van der Waals surface area contributed by atoms with E-state index in [1.54, 1.807) is 30.3 Å². The van der Waals surface area contributed by atoms with Crippen molar-refractivity contribution in [1.29, 1.82) is 5.26 Å². The summed E-state index contributed by atoms with van der Waals surface area (Å²) in [6, 6.07) is 16.2. The Hall–Kier alpha value is -4.44. The van der Waals surface area contributed by atoms with E-state index in [0.29, 0.717) is 11.1 Å². The summed E-state index contributed by atoms with van der Waals surface area (Å²) in [5.41, 5.74) is 2.67. The molecule has 1 aliphatic heterocycles. The Morgan fingerprint density at radius 2 is 1.81 bits per heavy atom. The number of piperidine rings is 1. The Labute approximate surface area is 244 Å². The molecule has 3 N–H and O–H groups in total. The molecule has 1 aromatic heterocycles. The maximum absolute atomic E-state index is 15.5. The third-order valence-electron chi connectivity index (χ3n) is 8.21. The van der Waals surface area contributed by atoms with Gasteiger partial charge in [0.15, 0.2) is 5.69 Å². The van der Waals surface area contributed by atoms with Crippen LogP contribution in [-0.4, -0.2) is 56.0 Å². The molecule has 226 valence electrons. The van der Waals surface area contributed by atoms with E-state index in [4.69, 9.17) is 15.7 Å². The molecule has 0 bridgehead atoms. The number of halogens is 4. The van der Waals surface area contributed by atoms with E-state index >= 15 is 8.78 Å². The highest BCUT2D eigenvalue weighted by molar-refractivity contribution is 5.80. The Morgan fingerprint density at radius 1 is 1.12 bits per heavy atom. The number of nitrogens with two attached hydrogens (primary N) is 1. The smallest absolute Gasteiger partial charge is 0.295 e. The number of anilines is 1. The van der Waals surface area contributed by atoms with Crippen LogP contribution in [0.3, 0.4) is 0 Å². The van der Waals surface area contributed by atoms with Crippen LogP contribution in [0.4, 0.5) is 23.2 Å². The van der Waals surface area contributed by atoms with Crippen LogP contribution in [0.15, 0.2) is 65.7 Å². The maximum Gasteiger partial charge on any atom is 0.295 e. The van der Waals surface area contributed by atoms with Crippen molar-refractivity contribution in [1.82, 2.24) is 14.5 Å². The van der Waals surface area contributed by atoms with Crippen molar-refractivity contribution in [3.8, 4) is 17.7 Å². The SMILES string of the molecule is N#Cc1ccc(Oc2ncn(C[C@]3(O)CCN(C(=O)[C@@H]4CCC(F)(F)C[C@H]4c4ccccc4)CC3(F)F)c(=O)c2N)cc1. The number of aliphatic hydroxyl groups is 1. The Bertz CT molecular complexity index is 1590. The molecule has 9 nitrogen and oxygen atoms in total. The molecular weight excluding hydrogens is 570 g/mol. The fraction of sp³-hybridized carbons (Fsp3) is 0.400. The van der Waals surface area contributed by atoms with Gasteiger partial charge in [-0.15, -0.1) is 0 Å². The number of rotatable bonds is 6. The lowest BCUT2D eigenvalue weighted by atomic mass is 9.73. The Kier molecular flexibility index (Phi) is 7.91. The molecule has 13 heteroatoms. The number of hydrogen-bond acceptors (Lipinski definition) is 7. The zero-order valence-electron chi connectivity index (χ0n) is 22.9. The van der Waals surface area contributed by atoms with Crippen molar-refractivity contribution in [2.24, 2.45) is 5.92 Å². The topological polar surface area (TPSA) is 134 Å². The van der Waals surface area contributed by atoms with Gasteiger partial charge in [-0.1, -0.05) is 30.3 Å². The third-order valence-corrected chi connectivity index (χ3v) is 8.21. The highest BCUT2D eigenvalue weighted by atomic mass is 19.3. The summed E-state index contributed by atoms with van der Waals surface area (Å²) < 4.78 is 66.0. The first kappa shape index (κ1) is 30.0. The van der Waals surface area contributed by atoms with Gasteiger partial charge in [0.1, 0.15) is 17.7 Å². The molecule has 0 unspecified atom stereocenters. The van der Waals surface area contributed by atoms with E-state index in [2.05, 4.69) is 4.98 Å². The number of aromatic nitrogens is 2. The number of benzene rings is 2. The second kappa shape index (κ2) is 11.3. The lowest BCUT2D eigenvalue weighted by Gasteiger charge is -2.46. The zero-order valence-corrected chi connectivity index (χ0v) is 22.9. The van der Waals surface area contributed by atoms with Gasteiger partial charge in [0.2, 0.25) is 17.7 Å². The predicted molar refractivity (Wildman–Crippen MR) is 147 cm³/mol. The summed E-state index contributed by atoms with van der Waals surface area (Å²) in [5, 5.41) is 20.0. The van der Waals surface area contributed by atoms with Crippen LogP contribution in [0.25, 0.3) is 0 Å². The summed E-state index contributed by atoms with van der Waals surface area (Å²) in [6.45, 7) is -2.28. The van der Waals surface area contributed by atoms with Crippen LogP contribution in [-0.2, 0) is 11.3 Å². The minimum absolute atomic E-state index is 0.158. The van der Waals surface area contributed by atoms with Gasteiger partial charge in [-0.2, -0.15) is 5.26 Å². The molecule has 1 aliphatic carbocycles. The normalized spacial score (nSPS) is 24.6. The molecule has 2 fully saturated rings. The van der Waals surface area contributed by atoms with Crippen molar-refractivity contribution in [2.75, 3.05) is 18.8 Å². The Morgan fingerprint density at radius 3 is 2.47 bits per heavy atom. The molecule has 3 aromatic rings. The fourth-order valence-corrected chi connectivity index (χ4v) is 5.74. The number of nitrogens with zero attached hydrogens (tertiary/aromatic N) is 4. The van der Waals surface area contributed by atoms with Gasteiger partial charge in [0.05, 0.1) is 24.7 Å². The number of hydrogen-bond donors (Lipinski definition) is 2. The van der Waals surface area contributed by atoms with Crippen LogP contribution in [0.1, 0.15) is 42.7 Å². The number of nitriles is 1. The van der Waals surface area contributed by atoms with E-state index in [0.717, 1.165) is 15.8 Å². The van der Waals surface area contributed by atoms with E-state index in [-0.39, 0.29) is 24.6 Å². The molecule has 2 aliphatic rings. The quantitative estimate of drug-likeness (QED) is 0.404. The molecule has 1 saturated heterocycles. The lowest BCUT2D eigenvalue weighted by molar-refractivity contribution is -0.223. The number of carbonyl (C=O) groups is 1. The highest BCUT2D eigenvalue weighted by Crippen LogP contribution is 2.47. The summed E-state index contributed by atoms with van der Waals surface area (Å²) in [5.74, 6) is -9.31. The van der Waals surface area contributed by atoms with Gasteiger partial charge in [-0.05, 0) is 36.2 Å². The molecule has 43 heavy (non-hydrogen) atoms. The molecule has 1 saturated carbocycles. The Balaban J connectivity index is 1.31. The second-order valence-corrected chi connectivity index (χ2v) is 11.1. The minimum atomic E-state index is -3.85. The summed E-state index contributed by atoms with van der Waals surface area (Å²) >= 11 is 0. The monoisotopic (exact) mass is 599 g/mol. The van der Waals surface area contributed by atoms with E-state index < -0.39 is 78.8 Å². The molecule has 0 radical (unpaired) electrons. The highest BCUT2D eigenvalue weighted by Gasteiger charge is 2.58. The van der Waals surface area contributed by atoms with Crippen molar-refractivity contribution >= 4 is 11.6 Å². The van der Waals surface area contributed by atoms with Crippen LogP contribution in [0.2, 0.25) is 0 Å². The first-order chi connectivity index (χ1) is 20.3. The molecule has 2 heterocycles. The molecule has 0 spiro atoms. The van der Waals surface area contributed by atoms with Gasteiger partial charge < -0.3 is 20.5 Å². The minimum Gasteiger partial charge on any atom is -0.437 e. The lowest BCUT2D eigenvalue weighted by Crippen LogP contribution is -2.64. The van der Waals surface area contributed by atoms with Crippen LogP contribution >= 0.6 is 0 Å². The van der Waals surface area contributed by atoms with Gasteiger partial charge in [0, 0.05) is 37.6 Å². The second-order valence-electron chi connectivity index (χ2n) is 11.1. The molecule has 3 atom stereocenters. The number of alkyl halides is 4. The van der Waals surface area contributed by atoms with Crippen molar-refractivity contribution in [3.63, 3.8) is 0 Å². The van der Waals surface area contributed by atoms with Crippen molar-refractivity contribution < 1.29 is 32.2 Å². The molecule has 5 rings (SSSR count). The largest absolute Gasteiger partial charge is 0.437 e. The van der Waals surface area contributed by atoms with Gasteiger partial charge in [0.25, 0.3) is 11.5 Å². The number of amides is 1. The maximum atomic E-state index is 15.5. The van der Waals surface area contributed by atoms with E-state index in [1.165, 1.54) is 24.3 Å². The number of likely N-dealkylation sites (tertiary alicyclic amines) is 1. The van der Waals surface area contributed by atoms with E-state index in [1.807, 2.05) is 6.07 Å². The van der Waals surface area contributed by atoms with Crippen LogP contribution in [0, 0.1) is 17.2 Å². The third kappa shape index (κ3) is 6.06. The average Bonchev–Trinajstić information content (AvgIpc) is 2.98. The molecule has 2 aromatic carbocycles. The van der Waals surface area contributed by atoms with Crippen LogP contribution in [0.5, 0.6) is 11.6 Å².